The Morgan fingerprint density at radius 1 is 0.354 bits per heavy atom. The maximum absolute atomic E-state index is 6.90. The molecule has 0 aliphatic heterocycles. The summed E-state index contributed by atoms with van der Waals surface area (Å²) in [6.45, 7) is 9.07. The van der Waals surface area contributed by atoms with Gasteiger partial charge in [0.2, 0.25) is 0 Å². The lowest BCUT2D eigenvalue weighted by Gasteiger charge is -2.30. The number of hydrogen-bond acceptors (Lipinski definition) is 4. The van der Waals surface area contributed by atoms with Crippen LogP contribution in [0.4, 0.5) is 34.1 Å². The van der Waals surface area contributed by atoms with E-state index in [4.69, 9.17) is 8.83 Å². The summed E-state index contributed by atoms with van der Waals surface area (Å²) in [6, 6.07) is 70.3. The van der Waals surface area contributed by atoms with Crippen LogP contribution in [0.1, 0.15) is 36.1 Å². The Hall–Kier alpha value is -8.08. The van der Waals surface area contributed by atoms with Crippen LogP contribution in [0.2, 0.25) is 0 Å². The van der Waals surface area contributed by atoms with Crippen molar-refractivity contribution in [2.45, 2.75) is 33.1 Å². The van der Waals surface area contributed by atoms with Crippen molar-refractivity contribution in [2.75, 3.05) is 9.80 Å². The SMILES string of the molecule is Cc1cccc2c1oc1c(N(c3ccccc3)c3cc4c(c5ccccc35)-c3cc(N(c5ccccc5)c5cccc6c5oc5c(C)cccc56)c5ccccc5c3C4(C)C)cccc12. The van der Waals surface area contributed by atoms with E-state index in [1.165, 1.54) is 43.8 Å². The molecule has 13 rings (SSSR count). The van der Waals surface area contributed by atoms with Crippen LogP contribution in [0.5, 0.6) is 0 Å². The summed E-state index contributed by atoms with van der Waals surface area (Å²) in [5.74, 6) is 0. The highest BCUT2D eigenvalue weighted by atomic mass is 16.3. The lowest BCUT2D eigenvalue weighted by Crippen LogP contribution is -2.18. The highest BCUT2D eigenvalue weighted by Gasteiger charge is 2.41. The average Bonchev–Trinajstić information content (AvgIpc) is 4.00. The molecule has 0 bridgehead atoms. The molecule has 2 aromatic heterocycles. The Kier molecular flexibility index (Phi) is 8.05. The zero-order chi connectivity index (χ0) is 43.6. The van der Waals surface area contributed by atoms with Crippen molar-refractivity contribution in [3.63, 3.8) is 0 Å². The third-order valence-electron chi connectivity index (χ3n) is 14.0. The molecule has 0 radical (unpaired) electrons. The van der Waals surface area contributed by atoms with E-state index in [0.29, 0.717) is 0 Å². The first-order valence-corrected chi connectivity index (χ1v) is 22.5. The summed E-state index contributed by atoms with van der Waals surface area (Å²) >= 11 is 0. The number of hydrogen-bond donors (Lipinski definition) is 0. The normalized spacial score (nSPS) is 13.0. The molecule has 0 fully saturated rings. The van der Waals surface area contributed by atoms with Crippen LogP contribution in [0.15, 0.2) is 203 Å². The fourth-order valence-electron chi connectivity index (χ4n) is 11.1. The zero-order valence-electron chi connectivity index (χ0n) is 36.7. The number of benzene rings is 10. The van der Waals surface area contributed by atoms with Gasteiger partial charge in [0.05, 0.1) is 22.7 Å². The molecule has 0 N–H and O–H groups in total. The second-order valence-corrected chi connectivity index (χ2v) is 18.1. The third kappa shape index (κ3) is 5.37. The highest BCUT2D eigenvalue weighted by Crippen LogP contribution is 2.59. The van der Waals surface area contributed by atoms with Crippen LogP contribution in [0.3, 0.4) is 0 Å². The largest absolute Gasteiger partial charge is 0.454 e. The summed E-state index contributed by atoms with van der Waals surface area (Å²) < 4.78 is 13.8. The number of para-hydroxylation sites is 6. The number of nitrogens with zero attached hydrogens (tertiary/aromatic N) is 2. The van der Waals surface area contributed by atoms with Crippen molar-refractivity contribution in [3.8, 4) is 11.1 Å². The van der Waals surface area contributed by atoms with E-state index in [2.05, 4.69) is 232 Å². The maximum atomic E-state index is 6.90. The van der Waals surface area contributed by atoms with E-state index in [-0.39, 0.29) is 5.41 Å². The number of anilines is 6. The van der Waals surface area contributed by atoms with Crippen molar-refractivity contribution >= 4 is 99.5 Å². The molecule has 0 saturated carbocycles. The van der Waals surface area contributed by atoms with E-state index in [1.54, 1.807) is 0 Å². The van der Waals surface area contributed by atoms with Gasteiger partial charge in [0.25, 0.3) is 0 Å². The average molecular weight is 837 g/mol. The second kappa shape index (κ2) is 14.0. The number of furan rings is 2. The van der Waals surface area contributed by atoms with E-state index >= 15 is 0 Å². The van der Waals surface area contributed by atoms with Gasteiger partial charge in [0.15, 0.2) is 11.2 Å². The van der Waals surface area contributed by atoms with E-state index < -0.39 is 0 Å². The van der Waals surface area contributed by atoms with E-state index in [9.17, 15) is 0 Å². The van der Waals surface area contributed by atoms with Crippen LogP contribution >= 0.6 is 0 Å². The standard InChI is InChI=1S/C61H44N2O2/c1-37-19-15-29-45-47-31-17-33-51(59(47)64-57(37)45)62(39-21-7-5-8-22-39)53-35-49-55-43-27-13-11-25-41(43)54(36-50(55)61(3,4)56(49)44-28-14-12-26-42(44)53)63(40-23-9-6-10-24-40)52-34-18-32-48-46-30-16-20-38(2)58(46)65-60(48)52/h5-36H,1-4H3. The van der Waals surface area contributed by atoms with E-state index in [0.717, 1.165) is 89.1 Å². The van der Waals surface area contributed by atoms with Crippen LogP contribution in [-0.2, 0) is 5.41 Å². The number of fused-ring (bicyclic) bond motifs is 13. The molecule has 12 aromatic rings. The van der Waals surface area contributed by atoms with E-state index in [1.807, 2.05) is 0 Å². The van der Waals surface area contributed by atoms with Crippen LogP contribution in [-0.4, -0.2) is 0 Å². The van der Waals surface area contributed by atoms with Gasteiger partial charge in [-0.3, -0.25) is 0 Å². The Labute approximate surface area is 377 Å². The molecule has 0 saturated heterocycles. The molecule has 4 heteroatoms. The van der Waals surface area contributed by atoms with Gasteiger partial charge in [-0.2, -0.15) is 0 Å². The fraction of sp³-hybridized carbons (Fsp3) is 0.0820. The Bertz CT molecular complexity index is 3900. The van der Waals surface area contributed by atoms with Crippen LogP contribution in [0.25, 0.3) is 76.5 Å². The summed E-state index contributed by atoms with van der Waals surface area (Å²) in [4.78, 5) is 4.83. The summed E-state index contributed by atoms with van der Waals surface area (Å²) in [6.07, 6.45) is 0. The molecular formula is C61H44N2O2. The summed E-state index contributed by atoms with van der Waals surface area (Å²) in [5.41, 5.74) is 17.0. The van der Waals surface area contributed by atoms with Crippen molar-refractivity contribution in [2.24, 2.45) is 0 Å². The van der Waals surface area contributed by atoms with Crippen LogP contribution in [0, 0.1) is 13.8 Å². The molecule has 1 aliphatic carbocycles. The molecule has 0 atom stereocenters. The van der Waals surface area contributed by atoms with Gasteiger partial charge in [0.1, 0.15) is 11.2 Å². The Morgan fingerprint density at radius 2 is 0.754 bits per heavy atom. The Morgan fingerprint density at radius 3 is 1.28 bits per heavy atom. The van der Waals surface area contributed by atoms with Gasteiger partial charge >= 0.3 is 0 Å². The minimum atomic E-state index is -0.361. The van der Waals surface area contributed by atoms with Crippen molar-refractivity contribution in [1.82, 2.24) is 0 Å². The smallest absolute Gasteiger partial charge is 0.159 e. The number of rotatable bonds is 6. The zero-order valence-corrected chi connectivity index (χ0v) is 36.7. The third-order valence-corrected chi connectivity index (χ3v) is 14.0. The van der Waals surface area contributed by atoms with Crippen molar-refractivity contribution < 1.29 is 8.83 Å². The summed E-state index contributed by atoms with van der Waals surface area (Å²) in [7, 11) is 0. The first kappa shape index (κ1) is 37.5. The molecule has 0 spiro atoms. The molecule has 4 nitrogen and oxygen atoms in total. The predicted octanol–water partition coefficient (Wildman–Crippen LogP) is 17.7. The van der Waals surface area contributed by atoms with Crippen molar-refractivity contribution in [3.05, 3.63) is 216 Å². The molecule has 1 aliphatic rings. The molecule has 65 heavy (non-hydrogen) atoms. The van der Waals surface area contributed by atoms with Gasteiger partial charge in [-0.15, -0.1) is 0 Å². The van der Waals surface area contributed by atoms with Crippen LogP contribution < -0.4 is 9.80 Å². The second-order valence-electron chi connectivity index (χ2n) is 18.1. The quantitative estimate of drug-likeness (QED) is 0.167. The molecule has 2 heterocycles. The lowest BCUT2D eigenvalue weighted by atomic mass is 9.79. The van der Waals surface area contributed by atoms with Gasteiger partial charge in [-0.25, -0.2) is 0 Å². The predicted molar refractivity (Wildman–Crippen MR) is 272 cm³/mol. The topological polar surface area (TPSA) is 32.8 Å². The number of aryl methyl sites for hydroxylation is 2. The summed E-state index contributed by atoms with van der Waals surface area (Å²) in [5, 5.41) is 9.27. The molecular weight excluding hydrogens is 793 g/mol. The molecule has 10 aromatic carbocycles. The minimum Gasteiger partial charge on any atom is -0.454 e. The van der Waals surface area contributed by atoms with Gasteiger partial charge in [-0.1, -0.05) is 159 Å². The molecule has 0 unspecified atom stereocenters. The highest BCUT2D eigenvalue weighted by molar-refractivity contribution is 6.18. The first-order valence-electron chi connectivity index (χ1n) is 22.5. The van der Waals surface area contributed by atoms with Crippen molar-refractivity contribution in [1.29, 1.82) is 0 Å². The first-order chi connectivity index (χ1) is 31.9. The molecule has 310 valence electrons. The minimum absolute atomic E-state index is 0.361. The Balaban J connectivity index is 1.10. The fourth-order valence-corrected chi connectivity index (χ4v) is 11.1. The van der Waals surface area contributed by atoms with Gasteiger partial charge < -0.3 is 18.6 Å². The lowest BCUT2D eigenvalue weighted by molar-refractivity contribution is 0.665. The van der Waals surface area contributed by atoms with Gasteiger partial charge in [0, 0.05) is 49.1 Å². The maximum Gasteiger partial charge on any atom is 0.159 e. The molecule has 0 amide bonds. The monoisotopic (exact) mass is 836 g/mol. The van der Waals surface area contributed by atoms with Gasteiger partial charge in [-0.05, 0) is 107 Å².